The van der Waals surface area contributed by atoms with E-state index < -0.39 is 0 Å². The molecule has 1 rings (SSSR count). The monoisotopic (exact) mass is 344 g/mol. The number of nitrogens with two attached hydrogens (primary N) is 1. The Kier molecular flexibility index (Phi) is 8.01. The Morgan fingerprint density at radius 2 is 2.25 bits per heavy atom. The van der Waals surface area contributed by atoms with Gasteiger partial charge in [0.05, 0.1) is 12.8 Å². The van der Waals surface area contributed by atoms with E-state index in [9.17, 15) is 0 Å². The standard InChI is InChI=1S/C13H21BrN4O2/c1-3-20-8-4-7-16-13(18-15)17-12-9-10(19-2)5-6-11(12)14/h5-6,9H,3-4,7-8,15H2,1-2H3,(H2,16,17,18). The van der Waals surface area contributed by atoms with Gasteiger partial charge in [0, 0.05) is 30.3 Å². The maximum atomic E-state index is 5.46. The van der Waals surface area contributed by atoms with Crippen LogP contribution in [0.5, 0.6) is 5.75 Å². The number of ether oxygens (including phenoxy) is 2. The Morgan fingerprint density at radius 3 is 2.90 bits per heavy atom. The molecule has 0 aliphatic carbocycles. The SMILES string of the molecule is CCOCCCN=C(NN)Nc1cc(OC)ccc1Br. The second kappa shape index (κ2) is 9.57. The van der Waals surface area contributed by atoms with Crippen molar-refractivity contribution in [2.75, 3.05) is 32.2 Å². The van der Waals surface area contributed by atoms with E-state index in [0.717, 1.165) is 28.9 Å². The van der Waals surface area contributed by atoms with E-state index in [1.54, 1.807) is 7.11 Å². The maximum absolute atomic E-state index is 5.46. The molecule has 0 radical (unpaired) electrons. The highest BCUT2D eigenvalue weighted by atomic mass is 79.9. The first-order valence-corrected chi connectivity index (χ1v) is 7.20. The van der Waals surface area contributed by atoms with E-state index in [1.165, 1.54) is 0 Å². The van der Waals surface area contributed by atoms with Crippen LogP contribution in [0.25, 0.3) is 0 Å². The molecule has 112 valence electrons. The summed E-state index contributed by atoms with van der Waals surface area (Å²) in [5.74, 6) is 6.71. The fourth-order valence-electron chi connectivity index (χ4n) is 1.48. The van der Waals surface area contributed by atoms with Crippen molar-refractivity contribution in [3.63, 3.8) is 0 Å². The zero-order chi connectivity index (χ0) is 14.8. The molecule has 0 saturated heterocycles. The first-order chi connectivity index (χ1) is 9.71. The van der Waals surface area contributed by atoms with Gasteiger partial charge in [-0.3, -0.25) is 10.4 Å². The van der Waals surface area contributed by atoms with Gasteiger partial charge in [-0.2, -0.15) is 0 Å². The zero-order valence-corrected chi connectivity index (χ0v) is 13.4. The summed E-state index contributed by atoms with van der Waals surface area (Å²) in [5, 5.41) is 3.11. The first-order valence-electron chi connectivity index (χ1n) is 6.40. The lowest BCUT2D eigenvalue weighted by molar-refractivity contribution is 0.146. The lowest BCUT2D eigenvalue weighted by atomic mass is 10.3. The molecule has 0 amide bonds. The normalized spacial score (nSPS) is 11.3. The Morgan fingerprint density at radius 1 is 1.45 bits per heavy atom. The van der Waals surface area contributed by atoms with Crippen LogP contribution in [-0.4, -0.2) is 32.8 Å². The molecule has 0 aliphatic rings. The molecular weight excluding hydrogens is 324 g/mol. The van der Waals surface area contributed by atoms with Gasteiger partial charge in [0.15, 0.2) is 0 Å². The van der Waals surface area contributed by atoms with Crippen LogP contribution in [-0.2, 0) is 4.74 Å². The lowest BCUT2D eigenvalue weighted by Crippen LogP contribution is -2.36. The largest absolute Gasteiger partial charge is 0.497 e. The Bertz CT molecular complexity index is 440. The molecule has 0 aliphatic heterocycles. The molecule has 6 nitrogen and oxygen atoms in total. The van der Waals surface area contributed by atoms with Gasteiger partial charge in [-0.25, -0.2) is 5.84 Å². The quantitative estimate of drug-likeness (QED) is 0.232. The fraction of sp³-hybridized carbons (Fsp3) is 0.462. The van der Waals surface area contributed by atoms with Gasteiger partial charge in [0.1, 0.15) is 5.75 Å². The minimum absolute atomic E-state index is 0.496. The summed E-state index contributed by atoms with van der Waals surface area (Å²) in [7, 11) is 1.62. The van der Waals surface area contributed by atoms with Crippen LogP contribution in [0.3, 0.4) is 0 Å². The van der Waals surface area contributed by atoms with Crippen molar-refractivity contribution in [1.82, 2.24) is 5.43 Å². The van der Waals surface area contributed by atoms with Gasteiger partial charge >= 0.3 is 0 Å². The van der Waals surface area contributed by atoms with Crippen molar-refractivity contribution in [2.45, 2.75) is 13.3 Å². The van der Waals surface area contributed by atoms with Crippen molar-refractivity contribution >= 4 is 27.6 Å². The van der Waals surface area contributed by atoms with Gasteiger partial charge < -0.3 is 14.8 Å². The van der Waals surface area contributed by atoms with Crippen LogP contribution < -0.4 is 21.3 Å². The summed E-state index contributed by atoms with van der Waals surface area (Å²) in [6, 6.07) is 5.62. The first kappa shape index (κ1) is 16.7. The Balaban J connectivity index is 2.61. The van der Waals surface area contributed by atoms with Crippen molar-refractivity contribution in [1.29, 1.82) is 0 Å². The Labute approximate surface area is 127 Å². The molecule has 4 N–H and O–H groups in total. The third-order valence-electron chi connectivity index (χ3n) is 2.48. The second-order valence-corrected chi connectivity index (χ2v) is 4.75. The number of aliphatic imine (C=N–C) groups is 1. The second-order valence-electron chi connectivity index (χ2n) is 3.90. The van der Waals surface area contributed by atoms with E-state index in [2.05, 4.69) is 31.7 Å². The van der Waals surface area contributed by atoms with Crippen molar-refractivity contribution in [3.05, 3.63) is 22.7 Å². The van der Waals surface area contributed by atoms with Crippen molar-refractivity contribution in [3.8, 4) is 5.75 Å². The highest BCUT2D eigenvalue weighted by Gasteiger charge is 2.04. The van der Waals surface area contributed by atoms with Gasteiger partial charge in [-0.1, -0.05) is 0 Å². The summed E-state index contributed by atoms with van der Waals surface area (Å²) in [6.45, 7) is 4.02. The van der Waals surface area contributed by atoms with E-state index in [-0.39, 0.29) is 0 Å². The van der Waals surface area contributed by atoms with E-state index in [4.69, 9.17) is 15.3 Å². The number of nitrogens with zero attached hydrogens (tertiary/aromatic N) is 1. The molecule has 7 heteroatoms. The summed E-state index contributed by atoms with van der Waals surface area (Å²) in [6.07, 6.45) is 0.847. The van der Waals surface area contributed by atoms with Crippen molar-refractivity contribution < 1.29 is 9.47 Å². The number of halogens is 1. The highest BCUT2D eigenvalue weighted by Crippen LogP contribution is 2.26. The number of hydrogen-bond acceptors (Lipinski definition) is 4. The number of hydrogen-bond donors (Lipinski definition) is 3. The van der Waals surface area contributed by atoms with Gasteiger partial charge in [0.25, 0.3) is 0 Å². The smallest absolute Gasteiger partial charge is 0.210 e. The summed E-state index contributed by atoms with van der Waals surface area (Å²) < 4.78 is 11.3. The topological polar surface area (TPSA) is 80.9 Å². The fourth-order valence-corrected chi connectivity index (χ4v) is 1.82. The van der Waals surface area contributed by atoms with Gasteiger partial charge in [0.2, 0.25) is 5.96 Å². The molecular formula is C13H21BrN4O2. The van der Waals surface area contributed by atoms with Crippen LogP contribution >= 0.6 is 15.9 Å². The number of methoxy groups -OCH3 is 1. The molecule has 0 aromatic heterocycles. The summed E-state index contributed by atoms with van der Waals surface area (Å²) in [5.41, 5.74) is 3.37. The molecule has 0 heterocycles. The van der Waals surface area contributed by atoms with Crippen LogP contribution in [0.2, 0.25) is 0 Å². The predicted molar refractivity (Wildman–Crippen MR) is 85.1 cm³/mol. The summed E-state index contributed by atoms with van der Waals surface area (Å²) >= 11 is 3.46. The summed E-state index contributed by atoms with van der Waals surface area (Å²) in [4.78, 5) is 4.33. The average Bonchev–Trinajstić information content (AvgIpc) is 2.47. The minimum atomic E-state index is 0.496. The third-order valence-corrected chi connectivity index (χ3v) is 3.18. The number of rotatable bonds is 7. The van der Waals surface area contributed by atoms with Gasteiger partial charge in [-0.15, -0.1) is 0 Å². The van der Waals surface area contributed by atoms with Gasteiger partial charge in [-0.05, 0) is 41.4 Å². The molecule has 0 bridgehead atoms. The number of nitrogens with one attached hydrogen (secondary N) is 2. The molecule has 1 aromatic rings. The van der Waals surface area contributed by atoms with Crippen LogP contribution in [0.4, 0.5) is 5.69 Å². The number of anilines is 1. The van der Waals surface area contributed by atoms with Crippen LogP contribution in [0.1, 0.15) is 13.3 Å². The molecule has 0 atom stereocenters. The molecule has 0 spiro atoms. The molecule has 0 saturated carbocycles. The van der Waals surface area contributed by atoms with Crippen molar-refractivity contribution in [2.24, 2.45) is 10.8 Å². The number of hydrazine groups is 1. The molecule has 0 unspecified atom stereocenters. The maximum Gasteiger partial charge on any atom is 0.210 e. The highest BCUT2D eigenvalue weighted by molar-refractivity contribution is 9.10. The third kappa shape index (κ3) is 5.77. The number of benzene rings is 1. The number of guanidine groups is 1. The minimum Gasteiger partial charge on any atom is -0.497 e. The van der Waals surface area contributed by atoms with E-state index in [0.29, 0.717) is 19.1 Å². The average molecular weight is 345 g/mol. The van der Waals surface area contributed by atoms with E-state index in [1.807, 2.05) is 25.1 Å². The lowest BCUT2D eigenvalue weighted by Gasteiger charge is -2.12. The zero-order valence-electron chi connectivity index (χ0n) is 11.8. The predicted octanol–water partition coefficient (Wildman–Crippen LogP) is 2.12. The van der Waals surface area contributed by atoms with Crippen LogP contribution in [0, 0.1) is 0 Å². The molecule has 0 fully saturated rings. The van der Waals surface area contributed by atoms with Crippen LogP contribution in [0.15, 0.2) is 27.7 Å². The Hall–Kier alpha value is -1.31. The molecule has 20 heavy (non-hydrogen) atoms. The van der Waals surface area contributed by atoms with E-state index >= 15 is 0 Å². The molecule has 1 aromatic carbocycles.